The Morgan fingerprint density at radius 1 is 1.29 bits per heavy atom. The Kier molecular flexibility index (Phi) is 3.89. The maximum atomic E-state index is 9.73. The molecule has 0 atom stereocenters. The molecule has 0 fully saturated rings. The first-order valence-corrected chi connectivity index (χ1v) is 5.78. The Labute approximate surface area is 109 Å². The van der Waals surface area contributed by atoms with E-state index in [9.17, 15) is 5.11 Å². The summed E-state index contributed by atoms with van der Waals surface area (Å²) in [6.45, 7) is 1.11. The predicted octanol–water partition coefficient (Wildman–Crippen LogP) is 2.71. The molecule has 0 aliphatic heterocycles. The van der Waals surface area contributed by atoms with E-state index in [2.05, 4.69) is 15.5 Å². The smallest absolute Gasteiger partial charge is 0.138 e. The van der Waals surface area contributed by atoms with Gasteiger partial charge < -0.3 is 10.4 Å². The highest BCUT2D eigenvalue weighted by molar-refractivity contribution is 6.35. The Hall–Kier alpha value is -1.23. The van der Waals surface area contributed by atoms with Crippen molar-refractivity contribution in [1.29, 1.82) is 0 Å². The second-order valence-electron chi connectivity index (χ2n) is 3.58. The van der Waals surface area contributed by atoms with Crippen LogP contribution in [-0.4, -0.2) is 15.3 Å². The molecule has 2 rings (SSSR count). The molecule has 0 aliphatic carbocycles. The summed E-state index contributed by atoms with van der Waals surface area (Å²) < 4.78 is 0. The number of nitrogens with zero attached hydrogens (tertiary/aromatic N) is 1. The topological polar surface area (TPSA) is 60.9 Å². The number of nitrogens with one attached hydrogen (secondary N) is 2. The van der Waals surface area contributed by atoms with Crippen LogP contribution in [0.25, 0.3) is 0 Å². The highest BCUT2D eigenvalue weighted by atomic mass is 35.5. The standard InChI is InChI=1S/C11H11Cl2N3O/c12-8-3-7(11(17)10(13)4-8)5-14-6-9-1-2-15-16-9/h1-4,14,17H,5-6H2,(H,15,16). The van der Waals surface area contributed by atoms with Gasteiger partial charge in [-0.15, -0.1) is 0 Å². The molecule has 0 aliphatic rings. The predicted molar refractivity (Wildman–Crippen MR) is 67.3 cm³/mol. The van der Waals surface area contributed by atoms with Gasteiger partial charge in [-0.2, -0.15) is 5.10 Å². The van der Waals surface area contributed by atoms with Crippen LogP contribution in [0.1, 0.15) is 11.3 Å². The average molecular weight is 272 g/mol. The van der Waals surface area contributed by atoms with Gasteiger partial charge in [0.05, 0.1) is 5.02 Å². The number of benzene rings is 1. The van der Waals surface area contributed by atoms with E-state index in [1.807, 2.05) is 6.07 Å². The fourth-order valence-corrected chi connectivity index (χ4v) is 2.00. The van der Waals surface area contributed by atoms with E-state index in [0.717, 1.165) is 5.69 Å². The zero-order valence-electron chi connectivity index (χ0n) is 8.87. The molecular formula is C11H11Cl2N3O. The molecule has 0 saturated heterocycles. The summed E-state index contributed by atoms with van der Waals surface area (Å²) in [5, 5.41) is 20.3. The van der Waals surface area contributed by atoms with Crippen molar-refractivity contribution in [2.75, 3.05) is 0 Å². The first-order chi connectivity index (χ1) is 8.16. The molecule has 1 heterocycles. The third-order valence-corrected chi connectivity index (χ3v) is 2.80. The maximum absolute atomic E-state index is 9.73. The number of phenolic OH excluding ortho intramolecular Hbond substituents is 1. The summed E-state index contributed by atoms with van der Waals surface area (Å²) in [6.07, 6.45) is 1.69. The lowest BCUT2D eigenvalue weighted by molar-refractivity contribution is 0.464. The Morgan fingerprint density at radius 2 is 2.12 bits per heavy atom. The van der Waals surface area contributed by atoms with Crippen LogP contribution in [0, 0.1) is 0 Å². The van der Waals surface area contributed by atoms with Gasteiger partial charge in [0, 0.05) is 35.6 Å². The van der Waals surface area contributed by atoms with Crippen molar-refractivity contribution in [1.82, 2.24) is 15.5 Å². The Bertz CT molecular complexity index is 500. The van der Waals surface area contributed by atoms with E-state index >= 15 is 0 Å². The summed E-state index contributed by atoms with van der Waals surface area (Å²) >= 11 is 11.7. The van der Waals surface area contributed by atoms with E-state index in [-0.39, 0.29) is 10.8 Å². The number of halogens is 2. The van der Waals surface area contributed by atoms with Crippen molar-refractivity contribution in [2.45, 2.75) is 13.1 Å². The van der Waals surface area contributed by atoms with Gasteiger partial charge in [0.2, 0.25) is 0 Å². The monoisotopic (exact) mass is 271 g/mol. The number of H-pyrrole nitrogens is 1. The molecule has 0 radical (unpaired) electrons. The molecule has 0 amide bonds. The SMILES string of the molecule is Oc1c(Cl)cc(Cl)cc1CNCc1ccn[nH]1. The first kappa shape index (κ1) is 12.2. The minimum atomic E-state index is 0.0631. The van der Waals surface area contributed by atoms with Crippen molar-refractivity contribution in [3.63, 3.8) is 0 Å². The van der Waals surface area contributed by atoms with Gasteiger partial charge >= 0.3 is 0 Å². The van der Waals surface area contributed by atoms with E-state index in [0.29, 0.717) is 23.7 Å². The molecule has 3 N–H and O–H groups in total. The molecular weight excluding hydrogens is 261 g/mol. The molecule has 1 aromatic heterocycles. The Morgan fingerprint density at radius 3 is 2.82 bits per heavy atom. The molecule has 17 heavy (non-hydrogen) atoms. The van der Waals surface area contributed by atoms with Crippen LogP contribution in [0.15, 0.2) is 24.4 Å². The van der Waals surface area contributed by atoms with E-state index in [1.165, 1.54) is 6.07 Å². The lowest BCUT2D eigenvalue weighted by Gasteiger charge is -2.08. The van der Waals surface area contributed by atoms with Crippen LogP contribution < -0.4 is 5.32 Å². The summed E-state index contributed by atoms with van der Waals surface area (Å²) in [7, 11) is 0. The second kappa shape index (κ2) is 5.40. The summed E-state index contributed by atoms with van der Waals surface area (Å²) in [5.41, 5.74) is 1.64. The molecule has 0 unspecified atom stereocenters. The highest BCUT2D eigenvalue weighted by Gasteiger charge is 2.07. The fourth-order valence-electron chi connectivity index (χ4n) is 1.47. The van der Waals surface area contributed by atoms with Crippen LogP contribution in [0.4, 0.5) is 0 Å². The number of aromatic nitrogens is 2. The molecule has 4 nitrogen and oxygen atoms in total. The summed E-state index contributed by atoms with van der Waals surface area (Å²) in [6, 6.07) is 5.07. The second-order valence-corrected chi connectivity index (χ2v) is 4.42. The van der Waals surface area contributed by atoms with Gasteiger partial charge in [0.1, 0.15) is 5.75 Å². The molecule has 1 aromatic carbocycles. The van der Waals surface area contributed by atoms with Crippen molar-refractivity contribution in [3.8, 4) is 5.75 Å². The number of aromatic amines is 1. The summed E-state index contributed by atoms with van der Waals surface area (Å²) in [4.78, 5) is 0. The van der Waals surface area contributed by atoms with Crippen LogP contribution in [0.3, 0.4) is 0 Å². The van der Waals surface area contributed by atoms with E-state index in [4.69, 9.17) is 23.2 Å². The average Bonchev–Trinajstić information content (AvgIpc) is 2.78. The van der Waals surface area contributed by atoms with Crippen LogP contribution >= 0.6 is 23.2 Å². The van der Waals surface area contributed by atoms with Crippen LogP contribution in [0.2, 0.25) is 10.0 Å². The molecule has 0 saturated carbocycles. The minimum absolute atomic E-state index is 0.0631. The zero-order chi connectivity index (χ0) is 12.3. The quantitative estimate of drug-likeness (QED) is 0.802. The third-order valence-electron chi connectivity index (χ3n) is 2.30. The van der Waals surface area contributed by atoms with Crippen molar-refractivity contribution in [2.24, 2.45) is 0 Å². The largest absolute Gasteiger partial charge is 0.506 e. The van der Waals surface area contributed by atoms with Gasteiger partial charge in [-0.25, -0.2) is 0 Å². The van der Waals surface area contributed by atoms with Crippen LogP contribution in [-0.2, 0) is 13.1 Å². The lowest BCUT2D eigenvalue weighted by atomic mass is 10.2. The number of phenols is 1. The first-order valence-electron chi connectivity index (χ1n) is 5.02. The van der Waals surface area contributed by atoms with E-state index in [1.54, 1.807) is 12.3 Å². The maximum Gasteiger partial charge on any atom is 0.138 e. The Balaban J connectivity index is 1.99. The molecule has 0 spiro atoms. The van der Waals surface area contributed by atoms with Gasteiger partial charge in [0.25, 0.3) is 0 Å². The van der Waals surface area contributed by atoms with Gasteiger partial charge in [-0.3, -0.25) is 5.10 Å². The molecule has 2 aromatic rings. The van der Waals surface area contributed by atoms with Crippen molar-refractivity contribution in [3.05, 3.63) is 45.7 Å². The fraction of sp³-hybridized carbons (Fsp3) is 0.182. The normalized spacial score (nSPS) is 10.7. The summed E-state index contributed by atoms with van der Waals surface area (Å²) in [5.74, 6) is 0.0631. The van der Waals surface area contributed by atoms with Crippen molar-refractivity contribution >= 4 is 23.2 Å². The van der Waals surface area contributed by atoms with Gasteiger partial charge in [-0.05, 0) is 18.2 Å². The number of hydrogen-bond acceptors (Lipinski definition) is 3. The lowest BCUT2D eigenvalue weighted by Crippen LogP contribution is -2.13. The minimum Gasteiger partial charge on any atom is -0.506 e. The number of hydrogen-bond donors (Lipinski definition) is 3. The number of aromatic hydroxyl groups is 1. The highest BCUT2D eigenvalue weighted by Crippen LogP contribution is 2.30. The molecule has 0 bridgehead atoms. The number of rotatable bonds is 4. The van der Waals surface area contributed by atoms with Crippen LogP contribution in [0.5, 0.6) is 5.75 Å². The van der Waals surface area contributed by atoms with E-state index < -0.39 is 0 Å². The van der Waals surface area contributed by atoms with Gasteiger partial charge in [-0.1, -0.05) is 23.2 Å². The zero-order valence-corrected chi connectivity index (χ0v) is 10.4. The molecule has 6 heteroatoms. The van der Waals surface area contributed by atoms with Gasteiger partial charge in [0.15, 0.2) is 0 Å². The van der Waals surface area contributed by atoms with Crippen molar-refractivity contribution < 1.29 is 5.11 Å². The molecule has 90 valence electrons. The third kappa shape index (κ3) is 3.12.